The van der Waals surface area contributed by atoms with Crippen molar-refractivity contribution >= 4 is 33.4 Å². The standard InChI is InChI=1S/C13H17N3O4S2/c1-20-12-6-9(2-3-11(12)17)7-14-16-13(21)15-10-4-5-22(18,19)8-10/h2-3,6-7,10,17H,4-5,8H2,1H3,(H2,15,16,21)/b14-7-/t10-/m1/s1. The summed E-state index contributed by atoms with van der Waals surface area (Å²) in [5.74, 6) is 0.672. The Hall–Kier alpha value is -1.87. The molecule has 2 rings (SSSR count). The first kappa shape index (κ1) is 16.5. The Balaban J connectivity index is 1.86. The summed E-state index contributed by atoms with van der Waals surface area (Å²) in [6.45, 7) is 0. The van der Waals surface area contributed by atoms with Crippen LogP contribution < -0.4 is 15.5 Å². The second-order valence-corrected chi connectivity index (χ2v) is 7.51. The number of phenols is 1. The molecule has 0 amide bonds. The van der Waals surface area contributed by atoms with Crippen LogP contribution in [0.15, 0.2) is 23.3 Å². The predicted octanol–water partition coefficient (Wildman–Crippen LogP) is 0.386. The zero-order valence-corrected chi connectivity index (χ0v) is 13.6. The number of ether oxygens (including phenoxy) is 1. The number of rotatable bonds is 4. The van der Waals surface area contributed by atoms with Crippen molar-refractivity contribution in [3.8, 4) is 11.5 Å². The summed E-state index contributed by atoms with van der Waals surface area (Å²) >= 11 is 5.05. The van der Waals surface area contributed by atoms with Gasteiger partial charge in [-0.15, -0.1) is 0 Å². The summed E-state index contributed by atoms with van der Waals surface area (Å²) in [6.07, 6.45) is 2.06. The van der Waals surface area contributed by atoms with E-state index in [0.29, 0.717) is 17.7 Å². The Morgan fingerprint density at radius 3 is 2.95 bits per heavy atom. The number of hydrogen-bond donors (Lipinski definition) is 3. The number of sulfone groups is 1. The third-order valence-electron chi connectivity index (χ3n) is 3.15. The molecule has 22 heavy (non-hydrogen) atoms. The molecule has 1 atom stereocenters. The fraction of sp³-hybridized carbons (Fsp3) is 0.385. The number of methoxy groups -OCH3 is 1. The van der Waals surface area contributed by atoms with E-state index in [1.807, 2.05) is 0 Å². The quantitative estimate of drug-likeness (QED) is 0.413. The lowest BCUT2D eigenvalue weighted by Crippen LogP contribution is -2.40. The molecule has 7 nitrogen and oxygen atoms in total. The molecule has 0 spiro atoms. The van der Waals surface area contributed by atoms with Gasteiger partial charge in [0.2, 0.25) is 0 Å². The van der Waals surface area contributed by atoms with Crippen molar-refractivity contribution in [3.63, 3.8) is 0 Å². The van der Waals surface area contributed by atoms with E-state index in [1.54, 1.807) is 12.1 Å². The van der Waals surface area contributed by atoms with Gasteiger partial charge < -0.3 is 15.2 Å². The van der Waals surface area contributed by atoms with E-state index in [0.717, 1.165) is 0 Å². The molecule has 1 aliphatic rings. The largest absolute Gasteiger partial charge is 0.504 e. The highest BCUT2D eigenvalue weighted by Crippen LogP contribution is 2.25. The minimum Gasteiger partial charge on any atom is -0.504 e. The van der Waals surface area contributed by atoms with E-state index in [4.69, 9.17) is 17.0 Å². The predicted molar refractivity (Wildman–Crippen MR) is 88.2 cm³/mol. The molecule has 1 aromatic carbocycles. The van der Waals surface area contributed by atoms with Gasteiger partial charge >= 0.3 is 0 Å². The Morgan fingerprint density at radius 1 is 1.55 bits per heavy atom. The minimum atomic E-state index is -2.94. The van der Waals surface area contributed by atoms with Crippen LogP contribution in [0.4, 0.5) is 0 Å². The second-order valence-electron chi connectivity index (χ2n) is 4.87. The molecule has 1 fully saturated rings. The van der Waals surface area contributed by atoms with Crippen molar-refractivity contribution in [3.05, 3.63) is 23.8 Å². The molecule has 3 N–H and O–H groups in total. The molecule has 1 aliphatic heterocycles. The van der Waals surface area contributed by atoms with Gasteiger partial charge in [0.1, 0.15) is 0 Å². The minimum absolute atomic E-state index is 0.0484. The molecule has 1 saturated heterocycles. The fourth-order valence-corrected chi connectivity index (χ4v) is 3.96. The van der Waals surface area contributed by atoms with Crippen molar-refractivity contribution in [2.75, 3.05) is 18.6 Å². The maximum Gasteiger partial charge on any atom is 0.187 e. The average Bonchev–Trinajstić information content (AvgIpc) is 2.79. The molecule has 0 bridgehead atoms. The normalized spacial score (nSPS) is 20.0. The summed E-state index contributed by atoms with van der Waals surface area (Å²) in [5.41, 5.74) is 3.35. The average molecular weight is 343 g/mol. The van der Waals surface area contributed by atoms with E-state index in [-0.39, 0.29) is 28.4 Å². The lowest BCUT2D eigenvalue weighted by atomic mass is 10.2. The summed E-state index contributed by atoms with van der Waals surface area (Å²) in [6, 6.07) is 4.62. The van der Waals surface area contributed by atoms with Crippen molar-refractivity contribution in [2.24, 2.45) is 5.10 Å². The Bertz CT molecular complexity index is 689. The highest BCUT2D eigenvalue weighted by Gasteiger charge is 2.28. The Labute approximate surface area is 134 Å². The number of benzene rings is 1. The molecule has 9 heteroatoms. The third-order valence-corrected chi connectivity index (χ3v) is 5.13. The summed E-state index contributed by atoms with van der Waals surface area (Å²) < 4.78 is 27.7. The first-order valence-corrected chi connectivity index (χ1v) is 8.79. The Morgan fingerprint density at radius 2 is 2.32 bits per heavy atom. The number of phenolic OH excluding ortho intramolecular Hbond substituents is 1. The van der Waals surface area contributed by atoms with Crippen LogP contribution >= 0.6 is 12.2 Å². The fourth-order valence-electron chi connectivity index (χ4n) is 2.07. The maximum atomic E-state index is 11.3. The van der Waals surface area contributed by atoms with Crippen LogP contribution in [0.5, 0.6) is 11.5 Å². The van der Waals surface area contributed by atoms with Crippen LogP contribution in [0, 0.1) is 0 Å². The van der Waals surface area contributed by atoms with Crippen molar-refractivity contribution in [2.45, 2.75) is 12.5 Å². The number of hydrazone groups is 1. The first-order chi connectivity index (χ1) is 10.4. The Kier molecular flexibility index (Phi) is 5.19. The van der Waals surface area contributed by atoms with Gasteiger partial charge in [0.15, 0.2) is 26.4 Å². The molecule has 120 valence electrons. The maximum absolute atomic E-state index is 11.3. The number of aromatic hydroxyl groups is 1. The van der Waals surface area contributed by atoms with Crippen LogP contribution in [0.2, 0.25) is 0 Å². The van der Waals surface area contributed by atoms with Crippen LogP contribution in [0.1, 0.15) is 12.0 Å². The SMILES string of the molecule is COc1cc(/C=N\NC(=S)N[C@@H]2CCS(=O)(=O)C2)ccc1O. The highest BCUT2D eigenvalue weighted by atomic mass is 32.2. The molecular formula is C13H17N3O4S2. The van der Waals surface area contributed by atoms with Crippen molar-refractivity contribution in [1.82, 2.24) is 10.7 Å². The molecule has 1 aromatic rings. The van der Waals surface area contributed by atoms with Gasteiger partial charge in [-0.2, -0.15) is 5.10 Å². The van der Waals surface area contributed by atoms with Crippen LogP contribution in [0.25, 0.3) is 0 Å². The first-order valence-electron chi connectivity index (χ1n) is 6.56. The molecule has 0 aliphatic carbocycles. The molecule has 0 saturated carbocycles. The van der Waals surface area contributed by atoms with Crippen molar-refractivity contribution < 1.29 is 18.3 Å². The number of hydrogen-bond acceptors (Lipinski definition) is 6. The lowest BCUT2D eigenvalue weighted by Gasteiger charge is -2.12. The lowest BCUT2D eigenvalue weighted by molar-refractivity contribution is 0.373. The van der Waals surface area contributed by atoms with Gasteiger partial charge in [-0.3, -0.25) is 5.43 Å². The summed E-state index contributed by atoms with van der Waals surface area (Å²) in [4.78, 5) is 0. The van der Waals surface area contributed by atoms with E-state index >= 15 is 0 Å². The van der Waals surface area contributed by atoms with Crippen LogP contribution in [-0.2, 0) is 9.84 Å². The monoisotopic (exact) mass is 343 g/mol. The van der Waals surface area contributed by atoms with Gasteiger partial charge in [0.25, 0.3) is 0 Å². The van der Waals surface area contributed by atoms with E-state index in [9.17, 15) is 13.5 Å². The molecule has 0 unspecified atom stereocenters. The van der Waals surface area contributed by atoms with E-state index in [1.165, 1.54) is 19.4 Å². The smallest absolute Gasteiger partial charge is 0.187 e. The van der Waals surface area contributed by atoms with Gasteiger partial charge in [-0.05, 0) is 42.4 Å². The van der Waals surface area contributed by atoms with E-state index < -0.39 is 9.84 Å². The van der Waals surface area contributed by atoms with Gasteiger partial charge in [-0.25, -0.2) is 8.42 Å². The summed E-state index contributed by atoms with van der Waals surface area (Å²) in [7, 11) is -1.48. The van der Waals surface area contributed by atoms with Gasteiger partial charge in [0.05, 0.1) is 24.8 Å². The molecule has 1 heterocycles. The van der Waals surface area contributed by atoms with Gasteiger partial charge in [0, 0.05) is 6.04 Å². The van der Waals surface area contributed by atoms with Gasteiger partial charge in [-0.1, -0.05) is 0 Å². The molecule has 0 radical (unpaired) electrons. The molecular weight excluding hydrogens is 326 g/mol. The highest BCUT2D eigenvalue weighted by molar-refractivity contribution is 7.91. The van der Waals surface area contributed by atoms with Crippen LogP contribution in [0.3, 0.4) is 0 Å². The third kappa shape index (κ3) is 4.57. The number of nitrogens with one attached hydrogen (secondary N) is 2. The second kappa shape index (κ2) is 6.93. The topological polar surface area (TPSA) is 100 Å². The van der Waals surface area contributed by atoms with Crippen LogP contribution in [-0.4, -0.2) is 49.5 Å². The van der Waals surface area contributed by atoms with Crippen molar-refractivity contribution in [1.29, 1.82) is 0 Å². The van der Waals surface area contributed by atoms with E-state index in [2.05, 4.69) is 15.8 Å². The number of nitrogens with zero attached hydrogens (tertiary/aromatic N) is 1. The number of thiocarbonyl (C=S) groups is 1. The zero-order valence-electron chi connectivity index (χ0n) is 11.9. The molecule has 0 aromatic heterocycles. The zero-order chi connectivity index (χ0) is 16.2. The summed E-state index contributed by atoms with van der Waals surface area (Å²) in [5, 5.41) is 16.6.